The van der Waals surface area contributed by atoms with E-state index in [1.165, 1.54) is 0 Å². The average Bonchev–Trinajstić information content (AvgIpc) is 2.65. The summed E-state index contributed by atoms with van der Waals surface area (Å²) in [6, 6.07) is 0. The minimum absolute atomic E-state index is 0.108. The predicted octanol–water partition coefficient (Wildman–Crippen LogP) is 9.44. The van der Waals surface area contributed by atoms with E-state index in [9.17, 15) is 57.5 Å². The third-order valence-electron chi connectivity index (χ3n) is 5.35. The highest BCUT2D eigenvalue weighted by molar-refractivity contribution is 5.79. The van der Waals surface area contributed by atoms with Gasteiger partial charge in [0.15, 0.2) is 0 Å². The van der Waals surface area contributed by atoms with E-state index in [2.05, 4.69) is 0 Å². The number of hydrogen-bond acceptors (Lipinski definition) is 1. The Morgan fingerprint density at radius 3 is 1.15 bits per heavy atom. The summed E-state index contributed by atoms with van der Waals surface area (Å²) < 4.78 is 149. The van der Waals surface area contributed by atoms with Gasteiger partial charge in [-0.05, 0) is 12.8 Å². The van der Waals surface area contributed by atoms with Crippen molar-refractivity contribution in [2.45, 2.75) is 126 Å². The zero-order chi connectivity index (χ0) is 26.7. The van der Waals surface area contributed by atoms with Gasteiger partial charge in [-0.15, -0.1) is 0 Å². The van der Waals surface area contributed by atoms with Crippen LogP contribution in [0.5, 0.6) is 0 Å². The quantitative estimate of drug-likeness (QED) is 0.128. The maximum absolute atomic E-state index is 13.1. The summed E-state index contributed by atoms with van der Waals surface area (Å²) >= 11 is 0. The number of halogens is 12. The van der Waals surface area contributed by atoms with Gasteiger partial charge in [-0.25, -0.2) is 0 Å². The highest BCUT2D eigenvalue weighted by Crippen LogP contribution is 2.48. The molecule has 0 aliphatic carbocycles. The van der Waals surface area contributed by atoms with Crippen molar-refractivity contribution in [1.82, 2.24) is 0 Å². The molecule has 0 N–H and O–H groups in total. The Morgan fingerprint density at radius 1 is 0.441 bits per heavy atom. The first kappa shape index (κ1) is 32.8. The number of Topliss-reactive ketones (excluding diaryl/α,β-unsaturated/α-hetero) is 1. The third kappa shape index (κ3) is 11.5. The molecule has 0 aromatic heterocycles. The molecular weight excluding hydrogens is 496 g/mol. The van der Waals surface area contributed by atoms with Gasteiger partial charge in [-0.1, -0.05) is 64.2 Å². The molecular formula is C21H30F12O. The monoisotopic (exact) mass is 526 g/mol. The van der Waals surface area contributed by atoms with Gasteiger partial charge in [0.25, 0.3) is 0 Å². The molecule has 0 aliphatic heterocycles. The molecule has 0 aliphatic rings. The van der Waals surface area contributed by atoms with E-state index in [4.69, 9.17) is 0 Å². The number of alkyl halides is 12. The van der Waals surface area contributed by atoms with Crippen LogP contribution in [0.2, 0.25) is 0 Å². The van der Waals surface area contributed by atoms with Gasteiger partial charge < -0.3 is 0 Å². The Labute approximate surface area is 190 Å². The van der Waals surface area contributed by atoms with Crippen molar-refractivity contribution in [3.05, 3.63) is 0 Å². The van der Waals surface area contributed by atoms with Crippen molar-refractivity contribution in [2.24, 2.45) is 0 Å². The van der Waals surface area contributed by atoms with Crippen LogP contribution in [0.1, 0.15) is 96.3 Å². The fourth-order valence-corrected chi connectivity index (χ4v) is 3.24. The van der Waals surface area contributed by atoms with E-state index in [1.807, 2.05) is 0 Å². The van der Waals surface area contributed by atoms with Crippen LogP contribution in [0.15, 0.2) is 0 Å². The summed E-state index contributed by atoms with van der Waals surface area (Å²) in [4.78, 5) is 11.2. The van der Waals surface area contributed by atoms with E-state index >= 15 is 0 Å². The molecule has 0 amide bonds. The molecule has 0 radical (unpaired) electrons. The van der Waals surface area contributed by atoms with Crippen LogP contribution in [0.4, 0.5) is 52.7 Å². The topological polar surface area (TPSA) is 17.1 Å². The fraction of sp³-hybridized carbons (Fsp3) is 0.952. The smallest absolute Gasteiger partial charge is 0.299 e. The summed E-state index contributed by atoms with van der Waals surface area (Å²) in [5.74, 6) is -17.4. The molecule has 0 rings (SSSR count). The molecule has 13 heteroatoms. The van der Waals surface area contributed by atoms with Crippen molar-refractivity contribution in [1.29, 1.82) is 0 Å². The van der Waals surface area contributed by atoms with Crippen molar-refractivity contribution < 1.29 is 57.5 Å². The van der Waals surface area contributed by atoms with Crippen LogP contribution >= 0.6 is 0 Å². The van der Waals surface area contributed by atoms with Gasteiger partial charge in [-0.2, -0.15) is 52.7 Å². The molecule has 1 nitrogen and oxygen atoms in total. The van der Waals surface area contributed by atoms with Crippen LogP contribution in [-0.4, -0.2) is 35.9 Å². The zero-order valence-electron chi connectivity index (χ0n) is 18.6. The number of carbonyl (C=O) groups excluding carboxylic acids is 1. The molecule has 0 atom stereocenters. The summed E-state index contributed by atoms with van der Waals surface area (Å²) in [5.41, 5.74) is 0. The standard InChI is InChI=1S/C21H30F12O/c22-17(23,19(26,27)21(31,32)33)14-12-10-8-6-4-2-1-3-5-7-9-11-13-16(34)15-18(24,25)20(28,29)30/h1-15H2. The molecule has 0 spiro atoms. The van der Waals surface area contributed by atoms with Crippen LogP contribution < -0.4 is 0 Å². The number of ketones is 1. The molecule has 0 heterocycles. The minimum Gasteiger partial charge on any atom is -0.299 e. The zero-order valence-corrected chi connectivity index (χ0v) is 18.6. The average molecular weight is 526 g/mol. The highest BCUT2D eigenvalue weighted by Gasteiger charge is 2.72. The summed E-state index contributed by atoms with van der Waals surface area (Å²) in [5, 5.41) is 0. The maximum atomic E-state index is 13.1. The predicted molar refractivity (Wildman–Crippen MR) is 101 cm³/mol. The van der Waals surface area contributed by atoms with E-state index < -0.39 is 55.2 Å². The summed E-state index contributed by atoms with van der Waals surface area (Å²) in [7, 11) is 0. The third-order valence-corrected chi connectivity index (χ3v) is 5.35. The van der Waals surface area contributed by atoms with Crippen molar-refractivity contribution in [3.8, 4) is 0 Å². The van der Waals surface area contributed by atoms with E-state index in [0.29, 0.717) is 25.7 Å². The summed E-state index contributed by atoms with van der Waals surface area (Å²) in [6.45, 7) is 0. The first-order valence-corrected chi connectivity index (χ1v) is 11.1. The minimum atomic E-state index is -6.30. The maximum Gasteiger partial charge on any atom is 0.459 e. The lowest BCUT2D eigenvalue weighted by atomic mass is 10.0. The Hall–Kier alpha value is -1.17. The molecule has 0 saturated carbocycles. The first-order valence-electron chi connectivity index (χ1n) is 11.1. The van der Waals surface area contributed by atoms with E-state index in [1.54, 1.807) is 0 Å². The lowest BCUT2D eigenvalue weighted by Crippen LogP contribution is -2.51. The second-order valence-electron chi connectivity index (χ2n) is 8.44. The molecule has 0 bridgehead atoms. The molecule has 204 valence electrons. The van der Waals surface area contributed by atoms with Gasteiger partial charge in [0.1, 0.15) is 5.78 Å². The number of rotatable bonds is 18. The molecule has 0 aromatic rings. The lowest BCUT2D eigenvalue weighted by molar-refractivity contribution is -0.355. The molecule has 0 aromatic carbocycles. The van der Waals surface area contributed by atoms with Crippen molar-refractivity contribution in [2.75, 3.05) is 0 Å². The van der Waals surface area contributed by atoms with Crippen LogP contribution in [-0.2, 0) is 4.79 Å². The number of hydrogen-bond donors (Lipinski definition) is 0. The van der Waals surface area contributed by atoms with Crippen LogP contribution in [0, 0.1) is 0 Å². The number of carbonyl (C=O) groups is 1. The normalized spacial score (nSPS) is 14.0. The lowest BCUT2D eigenvalue weighted by Gasteiger charge is -2.28. The van der Waals surface area contributed by atoms with Crippen LogP contribution in [0.3, 0.4) is 0 Å². The fourth-order valence-electron chi connectivity index (χ4n) is 3.24. The van der Waals surface area contributed by atoms with Crippen molar-refractivity contribution in [3.63, 3.8) is 0 Å². The molecule has 34 heavy (non-hydrogen) atoms. The Bertz CT molecular complexity index is 581. The molecule has 0 saturated heterocycles. The Morgan fingerprint density at radius 2 is 0.794 bits per heavy atom. The SMILES string of the molecule is O=C(CCCCCCCCCCCCCCC(F)(F)C(F)(F)C(F)(F)F)CC(F)(F)C(F)(F)F. The molecule has 0 fully saturated rings. The van der Waals surface area contributed by atoms with Crippen molar-refractivity contribution >= 4 is 5.78 Å². The van der Waals surface area contributed by atoms with Gasteiger partial charge in [0.05, 0.1) is 6.42 Å². The second kappa shape index (κ2) is 13.8. The van der Waals surface area contributed by atoms with E-state index in [0.717, 1.165) is 32.1 Å². The van der Waals surface area contributed by atoms with Gasteiger partial charge in [-0.3, -0.25) is 4.79 Å². The van der Waals surface area contributed by atoms with E-state index in [-0.39, 0.29) is 19.3 Å². The second-order valence-corrected chi connectivity index (χ2v) is 8.44. The largest absolute Gasteiger partial charge is 0.459 e. The molecule has 0 unspecified atom stereocenters. The Balaban J connectivity index is 3.66. The van der Waals surface area contributed by atoms with Gasteiger partial charge in [0, 0.05) is 12.8 Å². The highest BCUT2D eigenvalue weighted by atomic mass is 19.4. The number of unbranched alkanes of at least 4 members (excludes halogenated alkanes) is 11. The Kier molecular flexibility index (Phi) is 13.3. The summed E-state index contributed by atoms with van der Waals surface area (Å²) in [6.07, 6.45) is -9.71. The van der Waals surface area contributed by atoms with Gasteiger partial charge in [0.2, 0.25) is 0 Å². The van der Waals surface area contributed by atoms with Gasteiger partial charge >= 0.3 is 30.1 Å². The first-order chi connectivity index (χ1) is 15.4. The van der Waals surface area contributed by atoms with Crippen LogP contribution in [0.25, 0.3) is 0 Å².